The highest BCUT2D eigenvalue weighted by atomic mass is 79.9. The average Bonchev–Trinajstić information content (AvgIpc) is 3.18. The minimum absolute atomic E-state index is 0.0839. The van der Waals surface area contributed by atoms with Gasteiger partial charge >= 0.3 is 0 Å². The Morgan fingerprint density at radius 1 is 0.967 bits per heavy atom. The van der Waals surface area contributed by atoms with Gasteiger partial charge in [0.15, 0.2) is 11.0 Å². The van der Waals surface area contributed by atoms with Crippen LogP contribution in [0.1, 0.15) is 5.56 Å². The van der Waals surface area contributed by atoms with Crippen molar-refractivity contribution in [2.24, 2.45) is 0 Å². The van der Waals surface area contributed by atoms with Gasteiger partial charge < -0.3 is 5.32 Å². The molecule has 0 aliphatic heterocycles. The molecule has 1 heterocycles. The minimum Gasteiger partial charge on any atom is -0.325 e. The number of carbonyl (C=O) groups is 1. The molecule has 1 N–H and O–H groups in total. The monoisotopic (exact) mass is 478 g/mol. The maximum Gasteiger partial charge on any atom is 0.234 e. The number of rotatable bonds is 6. The number of hydrogen-bond donors (Lipinski definition) is 1. The van der Waals surface area contributed by atoms with E-state index in [1.807, 2.05) is 90.4 Å². The number of nitrogens with zero attached hydrogens (tertiary/aromatic N) is 3. The summed E-state index contributed by atoms with van der Waals surface area (Å²) < 4.78 is 2.91. The van der Waals surface area contributed by atoms with Crippen LogP contribution in [-0.4, -0.2) is 26.4 Å². The number of thioether (sulfide) groups is 1. The van der Waals surface area contributed by atoms with E-state index in [2.05, 4.69) is 31.4 Å². The fourth-order valence-electron chi connectivity index (χ4n) is 3.02. The molecule has 0 fully saturated rings. The molecule has 5 nitrogen and oxygen atoms in total. The maximum absolute atomic E-state index is 12.5. The molecule has 30 heavy (non-hydrogen) atoms. The number of nitrogens with one attached hydrogen (secondary N) is 1. The third-order valence-electron chi connectivity index (χ3n) is 4.51. The Balaban J connectivity index is 1.61. The molecule has 0 unspecified atom stereocenters. The van der Waals surface area contributed by atoms with Crippen LogP contribution in [-0.2, 0) is 4.79 Å². The number of carbonyl (C=O) groups excluding carboxylic acids is 1. The van der Waals surface area contributed by atoms with Gasteiger partial charge in [0.1, 0.15) is 0 Å². The van der Waals surface area contributed by atoms with Crippen molar-refractivity contribution in [3.05, 3.63) is 88.9 Å². The number of benzene rings is 3. The molecule has 0 spiro atoms. The van der Waals surface area contributed by atoms with Crippen LogP contribution in [0, 0.1) is 6.92 Å². The molecule has 0 radical (unpaired) electrons. The zero-order chi connectivity index (χ0) is 20.9. The van der Waals surface area contributed by atoms with Crippen molar-refractivity contribution in [1.82, 2.24) is 14.8 Å². The summed E-state index contributed by atoms with van der Waals surface area (Å²) in [5, 5.41) is 12.4. The fraction of sp³-hybridized carbons (Fsp3) is 0.0870. The Kier molecular flexibility index (Phi) is 6.30. The molecule has 150 valence electrons. The van der Waals surface area contributed by atoms with E-state index in [1.165, 1.54) is 11.8 Å². The van der Waals surface area contributed by atoms with Gasteiger partial charge in [-0.1, -0.05) is 82.3 Å². The smallest absolute Gasteiger partial charge is 0.234 e. The van der Waals surface area contributed by atoms with Crippen molar-refractivity contribution in [3.63, 3.8) is 0 Å². The Morgan fingerprint density at radius 3 is 2.43 bits per heavy atom. The third kappa shape index (κ3) is 4.47. The molecule has 3 aromatic carbocycles. The molecule has 0 saturated carbocycles. The number of amides is 1. The lowest BCUT2D eigenvalue weighted by molar-refractivity contribution is -0.113. The standard InChI is InChI=1S/C23H19BrN4OS/c1-16-9-5-8-14-20(16)25-21(29)15-30-23-27-26-22(18-12-6-7-13-19(18)24)28(23)17-10-3-2-4-11-17/h2-14H,15H2,1H3,(H,25,29). The largest absolute Gasteiger partial charge is 0.325 e. The van der Waals surface area contributed by atoms with Crippen molar-refractivity contribution >= 4 is 39.3 Å². The summed E-state index contributed by atoms with van der Waals surface area (Å²) in [7, 11) is 0. The molecule has 0 aliphatic carbocycles. The van der Waals surface area contributed by atoms with Crippen LogP contribution in [0.3, 0.4) is 0 Å². The lowest BCUT2D eigenvalue weighted by Gasteiger charge is -2.11. The van der Waals surface area contributed by atoms with Crippen molar-refractivity contribution in [1.29, 1.82) is 0 Å². The second-order valence-electron chi connectivity index (χ2n) is 6.61. The number of halogens is 1. The first-order chi connectivity index (χ1) is 14.6. The highest BCUT2D eigenvalue weighted by Crippen LogP contribution is 2.32. The first-order valence-corrected chi connectivity index (χ1v) is 11.2. The SMILES string of the molecule is Cc1ccccc1NC(=O)CSc1nnc(-c2ccccc2Br)n1-c1ccccc1. The zero-order valence-corrected chi connectivity index (χ0v) is 18.7. The van der Waals surface area contributed by atoms with Crippen LogP contribution in [0.4, 0.5) is 5.69 Å². The normalized spacial score (nSPS) is 10.7. The summed E-state index contributed by atoms with van der Waals surface area (Å²) in [6.07, 6.45) is 0. The Bertz CT molecular complexity index is 1180. The number of aryl methyl sites for hydroxylation is 1. The fourth-order valence-corrected chi connectivity index (χ4v) is 4.23. The highest BCUT2D eigenvalue weighted by molar-refractivity contribution is 9.10. The molecule has 0 aliphatic rings. The summed E-state index contributed by atoms with van der Waals surface area (Å²) in [4.78, 5) is 12.5. The number of anilines is 1. The average molecular weight is 479 g/mol. The molecule has 4 rings (SSSR count). The van der Waals surface area contributed by atoms with Gasteiger partial charge in [-0.25, -0.2) is 0 Å². The summed E-state index contributed by atoms with van der Waals surface area (Å²) in [5.74, 6) is 0.866. The van der Waals surface area contributed by atoms with Crippen LogP contribution in [0.25, 0.3) is 17.1 Å². The lowest BCUT2D eigenvalue weighted by atomic mass is 10.2. The lowest BCUT2D eigenvalue weighted by Crippen LogP contribution is -2.15. The van der Waals surface area contributed by atoms with Gasteiger partial charge in [-0.3, -0.25) is 9.36 Å². The van der Waals surface area contributed by atoms with E-state index in [1.54, 1.807) is 0 Å². The molecule has 7 heteroatoms. The van der Waals surface area contributed by atoms with E-state index in [0.717, 1.165) is 32.8 Å². The van der Waals surface area contributed by atoms with Gasteiger partial charge in [0, 0.05) is 21.4 Å². The predicted molar refractivity (Wildman–Crippen MR) is 125 cm³/mol. The number of aromatic nitrogens is 3. The Hall–Kier alpha value is -2.90. The van der Waals surface area contributed by atoms with Crippen molar-refractivity contribution < 1.29 is 4.79 Å². The van der Waals surface area contributed by atoms with E-state index >= 15 is 0 Å². The van der Waals surface area contributed by atoms with Crippen LogP contribution >= 0.6 is 27.7 Å². The molecular formula is C23H19BrN4OS. The first-order valence-electron chi connectivity index (χ1n) is 9.37. The second kappa shape index (κ2) is 9.28. The van der Waals surface area contributed by atoms with Gasteiger partial charge in [-0.05, 0) is 36.8 Å². The first kappa shape index (κ1) is 20.4. The van der Waals surface area contributed by atoms with Crippen LogP contribution in [0.2, 0.25) is 0 Å². The zero-order valence-electron chi connectivity index (χ0n) is 16.2. The quantitative estimate of drug-likeness (QED) is 0.359. The molecular weight excluding hydrogens is 460 g/mol. The van der Waals surface area contributed by atoms with Gasteiger partial charge in [-0.15, -0.1) is 10.2 Å². The topological polar surface area (TPSA) is 59.8 Å². The van der Waals surface area contributed by atoms with Crippen molar-refractivity contribution in [3.8, 4) is 17.1 Å². The molecule has 1 aromatic heterocycles. The molecule has 4 aromatic rings. The minimum atomic E-state index is -0.0839. The third-order valence-corrected chi connectivity index (χ3v) is 6.13. The van der Waals surface area contributed by atoms with E-state index in [4.69, 9.17) is 0 Å². The summed E-state index contributed by atoms with van der Waals surface area (Å²) in [5.41, 5.74) is 3.72. The Morgan fingerprint density at radius 2 is 1.67 bits per heavy atom. The summed E-state index contributed by atoms with van der Waals surface area (Å²) in [6.45, 7) is 1.97. The van der Waals surface area contributed by atoms with E-state index < -0.39 is 0 Å². The number of hydrogen-bond acceptors (Lipinski definition) is 4. The molecule has 1 amide bonds. The van der Waals surface area contributed by atoms with Crippen molar-refractivity contribution in [2.75, 3.05) is 11.1 Å². The van der Waals surface area contributed by atoms with Gasteiger partial charge in [0.05, 0.1) is 5.75 Å². The van der Waals surface area contributed by atoms with E-state index in [0.29, 0.717) is 5.16 Å². The van der Waals surface area contributed by atoms with E-state index in [-0.39, 0.29) is 11.7 Å². The summed E-state index contributed by atoms with van der Waals surface area (Å²) >= 11 is 4.96. The highest BCUT2D eigenvalue weighted by Gasteiger charge is 2.18. The predicted octanol–water partition coefficient (Wildman–Crippen LogP) is 5.74. The summed E-state index contributed by atoms with van der Waals surface area (Å²) in [6, 6.07) is 25.5. The van der Waals surface area contributed by atoms with Gasteiger partial charge in [0.25, 0.3) is 0 Å². The van der Waals surface area contributed by atoms with Gasteiger partial charge in [-0.2, -0.15) is 0 Å². The van der Waals surface area contributed by atoms with Crippen LogP contribution in [0.15, 0.2) is 88.5 Å². The second-order valence-corrected chi connectivity index (χ2v) is 8.41. The Labute approximate surface area is 187 Å². The van der Waals surface area contributed by atoms with E-state index in [9.17, 15) is 4.79 Å². The van der Waals surface area contributed by atoms with Crippen LogP contribution < -0.4 is 5.32 Å². The molecule has 0 bridgehead atoms. The van der Waals surface area contributed by atoms with Gasteiger partial charge in [0.2, 0.25) is 5.91 Å². The van der Waals surface area contributed by atoms with Crippen LogP contribution in [0.5, 0.6) is 0 Å². The van der Waals surface area contributed by atoms with Crippen molar-refractivity contribution in [2.45, 2.75) is 12.1 Å². The molecule has 0 saturated heterocycles. The maximum atomic E-state index is 12.5. The number of para-hydroxylation sites is 2. The molecule has 0 atom stereocenters.